The second-order valence-corrected chi connectivity index (χ2v) is 3.90. The maximum absolute atomic E-state index is 10.9. The minimum Gasteiger partial charge on any atom is -0.477 e. The van der Waals surface area contributed by atoms with E-state index in [0.717, 1.165) is 12.4 Å². The summed E-state index contributed by atoms with van der Waals surface area (Å²) in [6, 6.07) is 0. The summed E-state index contributed by atoms with van der Waals surface area (Å²) >= 11 is 0. The van der Waals surface area contributed by atoms with Gasteiger partial charge >= 0.3 is 5.97 Å². The van der Waals surface area contributed by atoms with E-state index in [9.17, 15) is 4.79 Å². The van der Waals surface area contributed by atoms with Crippen LogP contribution in [0.4, 0.5) is 0 Å². The van der Waals surface area contributed by atoms with Crippen molar-refractivity contribution in [2.75, 3.05) is 0 Å². The molecule has 0 aliphatic heterocycles. The highest BCUT2D eigenvalue weighted by atomic mass is 16.4. The molecule has 1 aliphatic rings. The van der Waals surface area contributed by atoms with Crippen molar-refractivity contribution in [3.8, 4) is 0 Å². The van der Waals surface area contributed by atoms with Gasteiger partial charge in [-0.2, -0.15) is 0 Å². The van der Waals surface area contributed by atoms with Crippen LogP contribution in [-0.2, 0) is 6.54 Å². The number of aryl methyl sites for hydroxylation is 1. The lowest BCUT2D eigenvalue weighted by Gasteiger charge is -2.26. The molecule has 76 valence electrons. The molecule has 2 rings (SSSR count). The predicted molar refractivity (Wildman–Crippen MR) is 51.3 cm³/mol. The molecule has 14 heavy (non-hydrogen) atoms. The van der Waals surface area contributed by atoms with Gasteiger partial charge in [-0.05, 0) is 25.7 Å². The maximum Gasteiger partial charge on any atom is 0.354 e. The van der Waals surface area contributed by atoms with Crippen molar-refractivity contribution in [3.05, 3.63) is 17.7 Å². The molecule has 0 saturated heterocycles. The van der Waals surface area contributed by atoms with Crippen LogP contribution in [0, 0.1) is 12.8 Å². The Labute approximate surface area is 82.6 Å². The normalized spacial score (nSPS) is 16.6. The van der Waals surface area contributed by atoms with E-state index in [-0.39, 0.29) is 0 Å². The Morgan fingerprint density at radius 3 is 2.93 bits per heavy atom. The minimum atomic E-state index is -0.884. The summed E-state index contributed by atoms with van der Waals surface area (Å²) in [5, 5.41) is 8.92. The summed E-state index contributed by atoms with van der Waals surface area (Å²) in [5.74, 6) is 0.570. The molecule has 4 nitrogen and oxygen atoms in total. The number of hydrogen-bond donors (Lipinski definition) is 1. The molecule has 0 amide bonds. The fourth-order valence-electron chi connectivity index (χ4n) is 1.80. The van der Waals surface area contributed by atoms with E-state index in [1.165, 1.54) is 25.5 Å². The predicted octanol–water partition coefficient (Wildman–Crippen LogP) is 1.69. The highest BCUT2D eigenvalue weighted by molar-refractivity contribution is 5.85. The van der Waals surface area contributed by atoms with Gasteiger partial charge in [0.15, 0.2) is 0 Å². The lowest BCUT2D eigenvalue weighted by atomic mass is 9.85. The number of carbonyl (C=O) groups is 1. The zero-order valence-electron chi connectivity index (χ0n) is 8.23. The maximum atomic E-state index is 10.9. The number of rotatable bonds is 3. The van der Waals surface area contributed by atoms with Crippen LogP contribution in [0.1, 0.15) is 35.6 Å². The van der Waals surface area contributed by atoms with Gasteiger partial charge in [0, 0.05) is 6.54 Å². The molecule has 4 heteroatoms. The van der Waals surface area contributed by atoms with Crippen molar-refractivity contribution >= 4 is 5.97 Å². The van der Waals surface area contributed by atoms with E-state index in [1.54, 1.807) is 0 Å². The molecule has 0 spiro atoms. The Morgan fingerprint density at radius 1 is 1.71 bits per heavy atom. The molecule has 1 saturated carbocycles. The fourth-order valence-corrected chi connectivity index (χ4v) is 1.80. The summed E-state index contributed by atoms with van der Waals surface area (Å²) in [6.45, 7) is 2.67. The molecule has 1 aliphatic carbocycles. The second kappa shape index (κ2) is 3.44. The molecular weight excluding hydrogens is 180 g/mol. The molecule has 1 N–H and O–H groups in total. The molecule has 0 aromatic carbocycles. The van der Waals surface area contributed by atoms with Crippen LogP contribution < -0.4 is 0 Å². The van der Waals surface area contributed by atoms with Gasteiger partial charge in [0.2, 0.25) is 0 Å². The zero-order valence-corrected chi connectivity index (χ0v) is 8.23. The average molecular weight is 194 g/mol. The number of imidazole rings is 1. The van der Waals surface area contributed by atoms with Crippen molar-refractivity contribution in [2.24, 2.45) is 5.92 Å². The van der Waals surface area contributed by atoms with Crippen molar-refractivity contribution in [1.82, 2.24) is 9.55 Å². The first-order valence-electron chi connectivity index (χ1n) is 4.94. The van der Waals surface area contributed by atoms with Crippen LogP contribution in [0.3, 0.4) is 0 Å². The first kappa shape index (κ1) is 9.24. The van der Waals surface area contributed by atoms with Crippen molar-refractivity contribution in [3.63, 3.8) is 0 Å². The molecule has 1 aromatic heterocycles. The summed E-state index contributed by atoms with van der Waals surface area (Å²) in [4.78, 5) is 14.9. The van der Waals surface area contributed by atoms with Crippen LogP contribution in [0.25, 0.3) is 0 Å². The molecule has 1 fully saturated rings. The van der Waals surface area contributed by atoms with Gasteiger partial charge in [0.1, 0.15) is 11.5 Å². The molecule has 1 heterocycles. The smallest absolute Gasteiger partial charge is 0.354 e. The quantitative estimate of drug-likeness (QED) is 0.796. The Morgan fingerprint density at radius 2 is 2.43 bits per heavy atom. The van der Waals surface area contributed by atoms with E-state index < -0.39 is 5.97 Å². The first-order chi connectivity index (χ1) is 6.68. The Balaban J connectivity index is 2.20. The lowest BCUT2D eigenvalue weighted by molar-refractivity contribution is 0.0682. The average Bonchev–Trinajstić information content (AvgIpc) is 2.40. The topological polar surface area (TPSA) is 55.1 Å². The molecule has 0 bridgehead atoms. The van der Waals surface area contributed by atoms with Crippen molar-refractivity contribution < 1.29 is 9.90 Å². The highest BCUT2D eigenvalue weighted by Gasteiger charge is 2.21. The van der Waals surface area contributed by atoms with Gasteiger partial charge in [0.25, 0.3) is 0 Å². The van der Waals surface area contributed by atoms with E-state index in [2.05, 4.69) is 4.98 Å². The molecule has 0 unspecified atom stereocenters. The Hall–Kier alpha value is -1.32. The van der Waals surface area contributed by atoms with E-state index in [0.29, 0.717) is 11.6 Å². The van der Waals surface area contributed by atoms with Gasteiger partial charge in [0.05, 0.1) is 6.20 Å². The third-order valence-corrected chi connectivity index (χ3v) is 2.94. The van der Waals surface area contributed by atoms with E-state index in [1.807, 2.05) is 11.5 Å². The van der Waals surface area contributed by atoms with Gasteiger partial charge in [-0.25, -0.2) is 9.78 Å². The number of hydrogen-bond acceptors (Lipinski definition) is 2. The van der Waals surface area contributed by atoms with Gasteiger partial charge in [-0.3, -0.25) is 0 Å². The third-order valence-electron chi connectivity index (χ3n) is 2.94. The number of aromatic carboxylic acids is 1. The number of nitrogens with zero attached hydrogens (tertiary/aromatic N) is 2. The fraction of sp³-hybridized carbons (Fsp3) is 0.600. The van der Waals surface area contributed by atoms with Crippen molar-refractivity contribution in [1.29, 1.82) is 0 Å². The SMILES string of the molecule is Cc1ncc(C(=O)O)n1CC1CCC1. The molecule has 1 aromatic rings. The molecule has 0 radical (unpaired) electrons. The van der Waals surface area contributed by atoms with E-state index >= 15 is 0 Å². The zero-order chi connectivity index (χ0) is 10.1. The van der Waals surface area contributed by atoms with Crippen LogP contribution in [-0.4, -0.2) is 20.6 Å². The van der Waals surface area contributed by atoms with Crippen molar-refractivity contribution in [2.45, 2.75) is 32.7 Å². The number of carboxylic acid groups (broad SMARTS) is 1. The van der Waals surface area contributed by atoms with Crippen LogP contribution >= 0.6 is 0 Å². The van der Waals surface area contributed by atoms with Crippen LogP contribution in [0.5, 0.6) is 0 Å². The number of carboxylic acids is 1. The van der Waals surface area contributed by atoms with E-state index in [4.69, 9.17) is 5.11 Å². The number of aromatic nitrogens is 2. The van der Waals surface area contributed by atoms with Crippen LogP contribution in [0.2, 0.25) is 0 Å². The summed E-state index contributed by atoms with van der Waals surface area (Å²) in [6.07, 6.45) is 5.16. The molecule has 0 atom stereocenters. The van der Waals surface area contributed by atoms with Gasteiger partial charge < -0.3 is 9.67 Å². The Bertz CT molecular complexity index is 353. The van der Waals surface area contributed by atoms with Crippen LogP contribution in [0.15, 0.2) is 6.20 Å². The molecular formula is C10H14N2O2. The highest BCUT2D eigenvalue weighted by Crippen LogP contribution is 2.28. The van der Waals surface area contributed by atoms with Gasteiger partial charge in [-0.15, -0.1) is 0 Å². The Kier molecular flexibility index (Phi) is 2.27. The monoisotopic (exact) mass is 194 g/mol. The second-order valence-electron chi connectivity index (χ2n) is 3.90. The third kappa shape index (κ3) is 1.52. The van der Waals surface area contributed by atoms with Gasteiger partial charge in [-0.1, -0.05) is 6.42 Å². The summed E-state index contributed by atoms with van der Waals surface area (Å²) in [7, 11) is 0. The standard InChI is InChI=1S/C10H14N2O2/c1-7-11-5-9(10(13)14)12(7)6-8-3-2-4-8/h5,8H,2-4,6H2,1H3,(H,13,14). The minimum absolute atomic E-state index is 0.314. The summed E-state index contributed by atoms with van der Waals surface area (Å²) in [5.41, 5.74) is 0.314. The first-order valence-corrected chi connectivity index (χ1v) is 4.94. The largest absolute Gasteiger partial charge is 0.477 e. The lowest BCUT2D eigenvalue weighted by Crippen LogP contribution is -2.21. The summed E-state index contributed by atoms with van der Waals surface area (Å²) < 4.78 is 1.81.